The zero-order valence-corrected chi connectivity index (χ0v) is 6.83. The van der Waals surface area contributed by atoms with Crippen molar-refractivity contribution in [3.05, 3.63) is 24.7 Å². The maximum absolute atomic E-state index is 5.36. The minimum atomic E-state index is 0.735. The molecule has 1 aromatic rings. The molecule has 4 nitrogen and oxygen atoms in total. The zero-order valence-electron chi connectivity index (χ0n) is 6.83. The molecule has 0 fully saturated rings. The van der Waals surface area contributed by atoms with Crippen molar-refractivity contribution in [1.82, 2.24) is 0 Å². The lowest BCUT2D eigenvalue weighted by Gasteiger charge is -2.14. The van der Waals surface area contributed by atoms with Crippen molar-refractivity contribution < 1.29 is 9.47 Å². The maximum Gasteiger partial charge on any atom is 0.194 e. The Morgan fingerprint density at radius 2 is 2.00 bits per heavy atom. The number of hydrogen-bond donors (Lipinski definition) is 2. The average molecular weight is 176 g/mol. The van der Waals surface area contributed by atoms with Crippen LogP contribution in [0.4, 0.5) is 11.4 Å². The highest BCUT2D eigenvalue weighted by atomic mass is 16.5. The minimum Gasteiger partial charge on any atom is -0.458 e. The Morgan fingerprint density at radius 1 is 1.08 bits per heavy atom. The first-order valence-corrected chi connectivity index (χ1v) is 4.08. The standard InChI is InChI=1S/C9H8N2O2/c1-2-7-9(13-4-3-12-7)8-6(1)10-5-11-8/h1-4,10-11H,5H2. The number of benzene rings is 1. The van der Waals surface area contributed by atoms with Gasteiger partial charge >= 0.3 is 0 Å². The van der Waals surface area contributed by atoms with Gasteiger partial charge in [-0.15, -0.1) is 0 Å². The Morgan fingerprint density at radius 3 is 3.00 bits per heavy atom. The lowest BCUT2D eigenvalue weighted by atomic mass is 10.2. The fourth-order valence-electron chi connectivity index (χ4n) is 1.52. The van der Waals surface area contributed by atoms with Gasteiger partial charge < -0.3 is 20.1 Å². The highest BCUT2D eigenvalue weighted by molar-refractivity contribution is 5.82. The first-order valence-electron chi connectivity index (χ1n) is 4.08. The predicted octanol–water partition coefficient (Wildman–Crippen LogP) is 1.72. The summed E-state index contributed by atoms with van der Waals surface area (Å²) in [6.07, 6.45) is 3.06. The SMILES string of the molecule is C1=COc2c(ccc3c2NCN3)O1. The maximum atomic E-state index is 5.36. The van der Waals surface area contributed by atoms with Crippen LogP contribution >= 0.6 is 0 Å². The topological polar surface area (TPSA) is 42.5 Å². The van der Waals surface area contributed by atoms with E-state index in [0.717, 1.165) is 29.5 Å². The van der Waals surface area contributed by atoms with Crippen LogP contribution in [0.2, 0.25) is 0 Å². The fraction of sp³-hybridized carbons (Fsp3) is 0.111. The molecule has 66 valence electrons. The molecule has 0 radical (unpaired) electrons. The van der Waals surface area contributed by atoms with Gasteiger partial charge in [0.05, 0.1) is 12.4 Å². The van der Waals surface area contributed by atoms with E-state index in [-0.39, 0.29) is 0 Å². The van der Waals surface area contributed by atoms with Crippen LogP contribution in [0, 0.1) is 0 Å². The van der Waals surface area contributed by atoms with E-state index in [0.29, 0.717) is 0 Å². The zero-order chi connectivity index (χ0) is 8.67. The molecular formula is C9H8N2O2. The smallest absolute Gasteiger partial charge is 0.194 e. The number of ether oxygens (including phenoxy) is 2. The van der Waals surface area contributed by atoms with E-state index in [2.05, 4.69) is 10.6 Å². The van der Waals surface area contributed by atoms with Gasteiger partial charge in [0.2, 0.25) is 0 Å². The summed E-state index contributed by atoms with van der Waals surface area (Å²) in [6.45, 7) is 0.735. The van der Waals surface area contributed by atoms with Crippen LogP contribution in [0.25, 0.3) is 0 Å². The monoisotopic (exact) mass is 176 g/mol. The van der Waals surface area contributed by atoms with Gasteiger partial charge in [0.25, 0.3) is 0 Å². The first kappa shape index (κ1) is 6.65. The van der Waals surface area contributed by atoms with Crippen molar-refractivity contribution in [2.75, 3.05) is 17.3 Å². The molecule has 0 amide bonds. The second kappa shape index (κ2) is 2.32. The molecule has 3 rings (SSSR count). The van der Waals surface area contributed by atoms with Crippen LogP contribution in [0.3, 0.4) is 0 Å². The quantitative estimate of drug-likeness (QED) is 0.631. The Balaban J connectivity index is 2.20. The third-order valence-corrected chi connectivity index (χ3v) is 2.10. The molecule has 2 N–H and O–H groups in total. The molecule has 2 heterocycles. The van der Waals surface area contributed by atoms with Crippen LogP contribution in [-0.2, 0) is 0 Å². The summed E-state index contributed by atoms with van der Waals surface area (Å²) in [5.41, 5.74) is 2.03. The van der Waals surface area contributed by atoms with Crippen LogP contribution < -0.4 is 20.1 Å². The molecule has 0 aromatic heterocycles. The molecule has 1 aromatic carbocycles. The molecule has 0 saturated carbocycles. The lowest BCUT2D eigenvalue weighted by Crippen LogP contribution is -2.01. The van der Waals surface area contributed by atoms with Gasteiger partial charge in [-0.2, -0.15) is 0 Å². The van der Waals surface area contributed by atoms with Crippen molar-refractivity contribution >= 4 is 11.4 Å². The summed E-state index contributed by atoms with van der Waals surface area (Å²) in [7, 11) is 0. The van der Waals surface area contributed by atoms with Crippen LogP contribution in [0.5, 0.6) is 11.5 Å². The predicted molar refractivity (Wildman–Crippen MR) is 49.0 cm³/mol. The Labute approximate surface area is 75.2 Å². The van der Waals surface area contributed by atoms with E-state index in [9.17, 15) is 0 Å². The number of anilines is 2. The minimum absolute atomic E-state index is 0.735. The van der Waals surface area contributed by atoms with Gasteiger partial charge in [0.1, 0.15) is 18.2 Å². The molecule has 0 bridgehead atoms. The van der Waals surface area contributed by atoms with Crippen molar-refractivity contribution in [2.45, 2.75) is 0 Å². The number of rotatable bonds is 0. The highest BCUT2D eigenvalue weighted by Crippen LogP contribution is 2.44. The Kier molecular flexibility index (Phi) is 1.19. The molecule has 0 atom stereocenters. The lowest BCUT2D eigenvalue weighted by molar-refractivity contribution is 0.363. The summed E-state index contributed by atoms with van der Waals surface area (Å²) in [4.78, 5) is 0. The Bertz CT molecular complexity index is 387. The highest BCUT2D eigenvalue weighted by Gasteiger charge is 2.20. The third-order valence-electron chi connectivity index (χ3n) is 2.10. The summed E-state index contributed by atoms with van der Waals surface area (Å²) >= 11 is 0. The van der Waals surface area contributed by atoms with Crippen molar-refractivity contribution in [2.24, 2.45) is 0 Å². The van der Waals surface area contributed by atoms with E-state index in [1.807, 2.05) is 12.1 Å². The average Bonchev–Trinajstić information content (AvgIpc) is 2.65. The summed E-state index contributed by atoms with van der Waals surface area (Å²) in [6, 6.07) is 3.86. The fourth-order valence-corrected chi connectivity index (χ4v) is 1.52. The second-order valence-electron chi connectivity index (χ2n) is 2.85. The molecule has 0 unspecified atom stereocenters. The van der Waals surface area contributed by atoms with E-state index < -0.39 is 0 Å². The molecule has 4 heteroatoms. The van der Waals surface area contributed by atoms with Gasteiger partial charge in [0.15, 0.2) is 11.5 Å². The van der Waals surface area contributed by atoms with Crippen LogP contribution in [0.1, 0.15) is 0 Å². The molecular weight excluding hydrogens is 168 g/mol. The summed E-state index contributed by atoms with van der Waals surface area (Å²) in [5, 5.41) is 6.36. The van der Waals surface area contributed by atoms with E-state index in [1.54, 1.807) is 0 Å². The van der Waals surface area contributed by atoms with Gasteiger partial charge in [-0.05, 0) is 12.1 Å². The van der Waals surface area contributed by atoms with Gasteiger partial charge in [0, 0.05) is 0 Å². The molecule has 0 spiro atoms. The second-order valence-corrected chi connectivity index (χ2v) is 2.85. The van der Waals surface area contributed by atoms with E-state index in [4.69, 9.17) is 9.47 Å². The van der Waals surface area contributed by atoms with Crippen molar-refractivity contribution in [3.63, 3.8) is 0 Å². The number of hydrogen-bond acceptors (Lipinski definition) is 4. The summed E-state index contributed by atoms with van der Waals surface area (Å²) in [5.74, 6) is 1.50. The van der Waals surface area contributed by atoms with E-state index >= 15 is 0 Å². The van der Waals surface area contributed by atoms with Gasteiger partial charge in [-0.25, -0.2) is 0 Å². The first-order chi connectivity index (χ1) is 6.45. The molecule has 0 saturated heterocycles. The molecule has 0 aliphatic carbocycles. The normalized spacial score (nSPS) is 16.0. The summed E-state index contributed by atoms with van der Waals surface area (Å²) < 4.78 is 10.6. The van der Waals surface area contributed by atoms with Gasteiger partial charge in [-0.1, -0.05) is 0 Å². The molecule has 13 heavy (non-hydrogen) atoms. The van der Waals surface area contributed by atoms with E-state index in [1.165, 1.54) is 12.5 Å². The number of fused-ring (bicyclic) bond motifs is 3. The largest absolute Gasteiger partial charge is 0.458 e. The van der Waals surface area contributed by atoms with Crippen molar-refractivity contribution in [1.29, 1.82) is 0 Å². The van der Waals surface area contributed by atoms with Crippen molar-refractivity contribution in [3.8, 4) is 11.5 Å². The van der Waals surface area contributed by atoms with Gasteiger partial charge in [-0.3, -0.25) is 0 Å². The number of nitrogens with one attached hydrogen (secondary N) is 2. The third kappa shape index (κ3) is 0.853. The molecule has 2 aliphatic rings. The van der Waals surface area contributed by atoms with Crippen LogP contribution in [0.15, 0.2) is 24.7 Å². The molecule has 2 aliphatic heterocycles. The van der Waals surface area contributed by atoms with Crippen LogP contribution in [-0.4, -0.2) is 6.67 Å². The Hall–Kier alpha value is -1.84.